The van der Waals surface area contributed by atoms with Gasteiger partial charge in [0.25, 0.3) is 0 Å². The molecule has 0 aromatic heterocycles. The molecule has 0 bridgehead atoms. The van der Waals surface area contributed by atoms with E-state index >= 15 is 0 Å². The highest BCUT2D eigenvalue weighted by Crippen LogP contribution is 2.64. The number of hydrogen-bond donors (Lipinski definition) is 1. The van der Waals surface area contributed by atoms with Gasteiger partial charge in [0.2, 0.25) is 0 Å². The first kappa shape index (κ1) is 27.9. The zero-order chi connectivity index (χ0) is 27.1. The summed E-state index contributed by atoms with van der Waals surface area (Å²) in [5.41, 5.74) is 3.18. The van der Waals surface area contributed by atoms with Crippen LogP contribution in [0.25, 0.3) is 0 Å². The van der Waals surface area contributed by atoms with E-state index in [1.54, 1.807) is 12.3 Å². The number of benzene rings is 1. The lowest BCUT2D eigenvalue weighted by molar-refractivity contribution is 0.128. The van der Waals surface area contributed by atoms with E-state index in [4.69, 9.17) is 13.9 Å². The first-order valence-corrected chi connectivity index (χ1v) is 23.4. The minimum absolute atomic E-state index is 0.0496. The lowest BCUT2D eigenvalue weighted by Crippen LogP contribution is -2.54. The summed E-state index contributed by atoms with van der Waals surface area (Å²) in [5, 5.41) is 14.6. The first-order valence-electron chi connectivity index (χ1n) is 13.5. The van der Waals surface area contributed by atoms with Gasteiger partial charge < -0.3 is 19.0 Å². The maximum absolute atomic E-state index is 11.3. The van der Waals surface area contributed by atoms with Crippen molar-refractivity contribution < 1.29 is 19.0 Å². The molecule has 3 atom stereocenters. The SMILES string of the molecule is COc1ccc2c3c1O[C@H]1C([Si](C)(C)C)=C([Si](C)(C)C)C=C(C[C@H]2O)[C@@]31CCO[Si](C)(C)C(C)(C)C. The molecule has 0 fully saturated rings. The summed E-state index contributed by atoms with van der Waals surface area (Å²) in [6, 6.07) is 4.04. The number of aliphatic hydroxyl groups excluding tert-OH is 1. The molecule has 36 heavy (non-hydrogen) atoms. The van der Waals surface area contributed by atoms with Crippen LogP contribution in [0.2, 0.25) is 57.4 Å². The second-order valence-electron chi connectivity index (χ2n) is 14.6. The Bertz CT molecular complexity index is 1120. The van der Waals surface area contributed by atoms with Crippen molar-refractivity contribution in [1.82, 2.24) is 0 Å². The molecule has 4 nitrogen and oxygen atoms in total. The maximum atomic E-state index is 11.3. The lowest BCUT2D eigenvalue weighted by atomic mass is 9.60. The van der Waals surface area contributed by atoms with Crippen LogP contribution in [0.15, 0.2) is 34.2 Å². The fourth-order valence-corrected chi connectivity index (χ4v) is 13.0. The minimum atomic E-state index is -1.91. The number of hydrogen-bond acceptors (Lipinski definition) is 4. The molecule has 0 radical (unpaired) electrons. The molecule has 0 saturated heterocycles. The minimum Gasteiger partial charge on any atom is -0.493 e. The van der Waals surface area contributed by atoms with E-state index in [0.717, 1.165) is 29.0 Å². The van der Waals surface area contributed by atoms with Crippen molar-refractivity contribution in [3.63, 3.8) is 0 Å². The van der Waals surface area contributed by atoms with Gasteiger partial charge in [-0.1, -0.05) is 83.0 Å². The molecule has 1 aromatic carbocycles. The van der Waals surface area contributed by atoms with E-state index in [1.165, 1.54) is 10.8 Å². The van der Waals surface area contributed by atoms with Crippen molar-refractivity contribution in [2.75, 3.05) is 13.7 Å². The molecule has 1 aromatic rings. The second-order valence-corrected chi connectivity index (χ2v) is 29.5. The average molecular weight is 545 g/mol. The van der Waals surface area contributed by atoms with Gasteiger partial charge in [-0.15, -0.1) is 0 Å². The molecule has 0 unspecified atom stereocenters. The molecule has 1 N–H and O–H groups in total. The Morgan fingerprint density at radius 1 is 1.03 bits per heavy atom. The molecular formula is C29H48O4Si3. The molecule has 0 saturated carbocycles. The van der Waals surface area contributed by atoms with E-state index in [0.29, 0.717) is 13.0 Å². The van der Waals surface area contributed by atoms with Crippen molar-refractivity contribution >= 4 is 24.5 Å². The molecule has 3 aliphatic rings. The van der Waals surface area contributed by atoms with Crippen LogP contribution in [0, 0.1) is 0 Å². The molecule has 2 aliphatic carbocycles. The van der Waals surface area contributed by atoms with Crippen molar-refractivity contribution in [3.05, 3.63) is 45.3 Å². The van der Waals surface area contributed by atoms with Crippen molar-refractivity contribution in [2.45, 2.75) is 109 Å². The van der Waals surface area contributed by atoms with Crippen molar-refractivity contribution in [1.29, 1.82) is 0 Å². The Kier molecular flexibility index (Phi) is 6.74. The number of ether oxygens (including phenoxy) is 2. The molecule has 200 valence electrons. The predicted octanol–water partition coefficient (Wildman–Crippen LogP) is 7.53. The summed E-state index contributed by atoms with van der Waals surface area (Å²) in [4.78, 5) is 0. The zero-order valence-corrected chi connectivity index (χ0v) is 27.7. The quantitative estimate of drug-likeness (QED) is 0.360. The number of allylic oxidation sites excluding steroid dienone is 2. The first-order chi connectivity index (χ1) is 16.4. The summed E-state index contributed by atoms with van der Waals surface area (Å²) in [6.07, 6.45) is 3.46. The van der Waals surface area contributed by atoms with Crippen molar-refractivity contribution in [2.24, 2.45) is 0 Å². The number of aliphatic hydroxyl groups is 1. The van der Waals surface area contributed by atoms with Crippen LogP contribution in [0.3, 0.4) is 0 Å². The highest BCUT2D eigenvalue weighted by molar-refractivity contribution is 6.90. The van der Waals surface area contributed by atoms with Gasteiger partial charge in [0, 0.05) is 12.2 Å². The van der Waals surface area contributed by atoms with Crippen LogP contribution in [0.4, 0.5) is 0 Å². The molecule has 7 heteroatoms. The third-order valence-electron chi connectivity index (χ3n) is 9.10. The highest BCUT2D eigenvalue weighted by Gasteiger charge is 2.61. The summed E-state index contributed by atoms with van der Waals surface area (Å²) in [7, 11) is -3.62. The smallest absolute Gasteiger partial charge is 0.191 e. The molecule has 1 heterocycles. The molecule has 0 spiro atoms. The molecular weight excluding hydrogens is 497 g/mol. The lowest BCUT2D eigenvalue weighted by Gasteiger charge is -2.49. The van der Waals surface area contributed by atoms with Crippen LogP contribution in [0.5, 0.6) is 11.5 Å². The van der Waals surface area contributed by atoms with E-state index in [-0.39, 0.29) is 16.6 Å². The third kappa shape index (κ3) is 4.23. The monoisotopic (exact) mass is 544 g/mol. The zero-order valence-electron chi connectivity index (χ0n) is 24.7. The van der Waals surface area contributed by atoms with Crippen molar-refractivity contribution in [3.8, 4) is 11.5 Å². The standard InChI is InChI=1S/C29H48O4Si3/c1-28(2,3)36(11,12)32-16-15-29-19-17-21(30)20-13-14-22(31-4)25(24(20)29)33-27(29)26(35(8,9)10)23(18-19)34(5,6)7/h13-14,18,21,27,30H,15-17H2,1-12H3/t21-,27+,29+/m1/s1. The van der Waals surface area contributed by atoms with Crippen LogP contribution in [-0.2, 0) is 9.84 Å². The summed E-state index contributed by atoms with van der Waals surface area (Å²) >= 11 is 0. The Hall–Kier alpha value is -1.13. The van der Waals surface area contributed by atoms with Crippen LogP contribution >= 0.6 is 0 Å². The Morgan fingerprint density at radius 3 is 2.19 bits per heavy atom. The molecule has 0 amide bonds. The highest BCUT2D eigenvalue weighted by atomic mass is 28.4. The molecule has 1 aliphatic heterocycles. The second kappa shape index (κ2) is 8.70. The van der Waals surface area contributed by atoms with Gasteiger partial charge in [0.15, 0.2) is 19.8 Å². The van der Waals surface area contributed by atoms with Gasteiger partial charge in [-0.2, -0.15) is 0 Å². The van der Waals surface area contributed by atoms with Gasteiger partial charge in [-0.3, -0.25) is 0 Å². The largest absolute Gasteiger partial charge is 0.493 e. The van der Waals surface area contributed by atoms with Gasteiger partial charge in [0.1, 0.15) is 6.10 Å². The van der Waals surface area contributed by atoms with Gasteiger partial charge >= 0.3 is 0 Å². The topological polar surface area (TPSA) is 47.9 Å². The van der Waals surface area contributed by atoms with E-state index in [2.05, 4.69) is 85.3 Å². The Labute approximate surface area is 222 Å². The van der Waals surface area contributed by atoms with E-state index < -0.39 is 30.6 Å². The average Bonchev–Trinajstić information content (AvgIpc) is 3.06. The van der Waals surface area contributed by atoms with Crippen LogP contribution in [0.1, 0.15) is 50.8 Å². The number of methoxy groups -OCH3 is 1. The Balaban J connectivity index is 1.95. The molecule has 4 rings (SSSR count). The fourth-order valence-electron chi connectivity index (χ4n) is 6.18. The summed E-state index contributed by atoms with van der Waals surface area (Å²) in [6.45, 7) is 27.0. The fraction of sp³-hybridized carbons (Fsp3) is 0.655. The normalized spacial score (nSPS) is 26.0. The van der Waals surface area contributed by atoms with Crippen LogP contribution in [-0.4, -0.2) is 49.4 Å². The van der Waals surface area contributed by atoms with Gasteiger partial charge in [-0.25, -0.2) is 0 Å². The van der Waals surface area contributed by atoms with Gasteiger partial charge in [-0.05, 0) is 47.8 Å². The van der Waals surface area contributed by atoms with E-state index in [1.807, 2.05) is 6.07 Å². The van der Waals surface area contributed by atoms with E-state index in [9.17, 15) is 5.11 Å². The summed E-state index contributed by atoms with van der Waals surface area (Å²) in [5.74, 6) is 1.61. The van der Waals surface area contributed by atoms with Crippen LogP contribution < -0.4 is 9.47 Å². The van der Waals surface area contributed by atoms with Gasteiger partial charge in [0.05, 0.1) is 34.8 Å². The number of rotatable bonds is 7. The Morgan fingerprint density at radius 2 is 1.67 bits per heavy atom. The maximum Gasteiger partial charge on any atom is 0.191 e. The predicted molar refractivity (Wildman–Crippen MR) is 158 cm³/mol. The summed E-state index contributed by atoms with van der Waals surface area (Å²) < 4.78 is 19.7. The third-order valence-corrected chi connectivity index (χ3v) is 18.1.